The number of phosphoric acid groups is 1. The summed E-state index contributed by atoms with van der Waals surface area (Å²) in [6.07, 6.45) is 58.2. The van der Waals surface area contributed by atoms with Crippen LogP contribution in [0.3, 0.4) is 0 Å². The van der Waals surface area contributed by atoms with Gasteiger partial charge in [0.15, 0.2) is 6.10 Å². The second-order valence-corrected chi connectivity index (χ2v) is 22.1. The van der Waals surface area contributed by atoms with Gasteiger partial charge in [0, 0.05) is 12.8 Å². The van der Waals surface area contributed by atoms with E-state index in [1.165, 1.54) is 193 Å². The van der Waals surface area contributed by atoms with Crippen molar-refractivity contribution in [3.8, 4) is 0 Å². The minimum atomic E-state index is -4.38. The monoisotopic (exact) mass is 969 g/mol. The number of allylic oxidation sites excluding steroid dienone is 4. The van der Waals surface area contributed by atoms with Crippen molar-refractivity contribution < 1.29 is 42.1 Å². The minimum Gasteiger partial charge on any atom is -0.462 e. The van der Waals surface area contributed by atoms with Crippen molar-refractivity contribution in [2.45, 2.75) is 283 Å². The van der Waals surface area contributed by atoms with Crippen LogP contribution in [0.25, 0.3) is 0 Å². The summed E-state index contributed by atoms with van der Waals surface area (Å²) < 4.78 is 34.5. The average Bonchev–Trinajstić information content (AvgIpc) is 3.29. The number of esters is 2. The molecule has 67 heavy (non-hydrogen) atoms. The van der Waals surface area contributed by atoms with E-state index in [0.717, 1.165) is 51.4 Å². The van der Waals surface area contributed by atoms with E-state index in [0.29, 0.717) is 23.9 Å². The van der Waals surface area contributed by atoms with Crippen LogP contribution in [0.5, 0.6) is 0 Å². The predicted octanol–water partition coefficient (Wildman–Crippen LogP) is 17.4. The topological polar surface area (TPSA) is 108 Å². The lowest BCUT2D eigenvalue weighted by Gasteiger charge is -2.24. The summed E-state index contributed by atoms with van der Waals surface area (Å²) >= 11 is 0. The van der Waals surface area contributed by atoms with Gasteiger partial charge in [0.2, 0.25) is 0 Å². The molecule has 0 fully saturated rings. The van der Waals surface area contributed by atoms with Gasteiger partial charge >= 0.3 is 19.8 Å². The highest BCUT2D eigenvalue weighted by Gasteiger charge is 2.27. The predicted molar refractivity (Wildman–Crippen MR) is 284 cm³/mol. The van der Waals surface area contributed by atoms with E-state index < -0.39 is 26.5 Å². The molecule has 0 aliphatic carbocycles. The first kappa shape index (κ1) is 65.5. The Labute approximate surface area is 415 Å². The van der Waals surface area contributed by atoms with Crippen molar-refractivity contribution >= 4 is 19.8 Å². The first-order valence-corrected chi connectivity index (χ1v) is 30.1. The van der Waals surface area contributed by atoms with E-state index in [4.69, 9.17) is 18.5 Å². The van der Waals surface area contributed by atoms with E-state index in [1.54, 1.807) is 0 Å². The van der Waals surface area contributed by atoms with E-state index in [9.17, 15) is 19.0 Å². The van der Waals surface area contributed by atoms with Gasteiger partial charge in [-0.2, -0.15) is 0 Å². The molecule has 0 aliphatic heterocycles. The number of phosphoric ester groups is 1. The second kappa shape index (κ2) is 49.5. The fourth-order valence-electron chi connectivity index (χ4n) is 8.28. The van der Waals surface area contributed by atoms with Gasteiger partial charge in [-0.25, -0.2) is 4.57 Å². The Bertz CT molecular complexity index is 1190. The maximum Gasteiger partial charge on any atom is 0.472 e. The van der Waals surface area contributed by atoms with Crippen molar-refractivity contribution in [1.29, 1.82) is 0 Å². The summed E-state index contributed by atoms with van der Waals surface area (Å²) in [5.74, 6) is -0.792. The Hall–Kier alpha value is -1.51. The van der Waals surface area contributed by atoms with E-state index in [2.05, 4.69) is 38.2 Å². The van der Waals surface area contributed by atoms with Gasteiger partial charge in [0.05, 0.1) is 27.7 Å². The number of quaternary nitrogens is 1. The van der Waals surface area contributed by atoms with Gasteiger partial charge in [-0.1, -0.05) is 244 Å². The molecule has 0 heterocycles. The van der Waals surface area contributed by atoms with Gasteiger partial charge in [-0.15, -0.1) is 0 Å². The van der Waals surface area contributed by atoms with Crippen LogP contribution >= 0.6 is 7.82 Å². The number of nitrogens with zero attached hydrogens (tertiary/aromatic N) is 1. The maximum atomic E-state index is 12.8. The molecule has 396 valence electrons. The van der Waals surface area contributed by atoms with Crippen LogP contribution in [0.2, 0.25) is 0 Å². The lowest BCUT2D eigenvalue weighted by molar-refractivity contribution is -0.870. The largest absolute Gasteiger partial charge is 0.472 e. The van der Waals surface area contributed by atoms with Gasteiger partial charge in [0.1, 0.15) is 19.8 Å². The molecule has 0 aromatic rings. The number of ether oxygens (including phenoxy) is 2. The van der Waals surface area contributed by atoms with Crippen molar-refractivity contribution in [3.63, 3.8) is 0 Å². The third-order valence-corrected chi connectivity index (χ3v) is 13.7. The van der Waals surface area contributed by atoms with Crippen molar-refractivity contribution in [1.82, 2.24) is 0 Å². The standard InChI is InChI=1S/C57H110NO8P/c1-6-8-10-12-14-16-18-20-22-24-25-26-27-28-29-30-31-32-34-35-37-39-41-43-45-47-49-56(59)63-53-55(54-65-67(61,62)64-52-51-58(3,4)5)66-57(60)50-48-46-44-42-40-38-36-33-23-21-19-17-15-13-11-9-7-2/h15,17,21,23,55H,6-14,16,18-20,22,24-54H2,1-5H3/p+1/b17-15-,23-21-. The Balaban J connectivity index is 4.10. The highest BCUT2D eigenvalue weighted by atomic mass is 31.2. The summed E-state index contributed by atoms with van der Waals surface area (Å²) in [6, 6.07) is 0. The SMILES string of the molecule is CCCCC/C=C\C/C=C\CCCCCCCCCC(=O)OC(COC(=O)CCCCCCCCCCCCCCCCCCCCCCCCCCCC)COP(=O)(O)OCC[N+](C)(C)C. The fourth-order valence-corrected chi connectivity index (χ4v) is 9.02. The van der Waals surface area contributed by atoms with Crippen LogP contribution in [-0.4, -0.2) is 74.9 Å². The number of hydrogen-bond acceptors (Lipinski definition) is 7. The number of unbranched alkanes of at least 4 members (excludes halogenated alkanes) is 35. The Morgan fingerprint density at radius 1 is 0.463 bits per heavy atom. The molecule has 0 spiro atoms. The molecule has 2 unspecified atom stereocenters. The number of hydrogen-bond donors (Lipinski definition) is 1. The van der Waals surface area contributed by atoms with E-state index in [1.807, 2.05) is 21.1 Å². The maximum absolute atomic E-state index is 12.8. The normalized spacial score (nSPS) is 13.5. The molecule has 0 saturated heterocycles. The number of rotatable bonds is 53. The second-order valence-electron chi connectivity index (χ2n) is 20.7. The summed E-state index contributed by atoms with van der Waals surface area (Å²) in [7, 11) is 1.48. The van der Waals surface area contributed by atoms with Gasteiger partial charge in [0.25, 0.3) is 0 Å². The molecule has 0 amide bonds. The third-order valence-electron chi connectivity index (χ3n) is 12.7. The third kappa shape index (κ3) is 53.7. The molecule has 0 radical (unpaired) electrons. The lowest BCUT2D eigenvalue weighted by Crippen LogP contribution is -2.37. The first-order valence-electron chi connectivity index (χ1n) is 28.6. The molecule has 9 nitrogen and oxygen atoms in total. The van der Waals surface area contributed by atoms with Crippen LogP contribution in [0, 0.1) is 0 Å². The van der Waals surface area contributed by atoms with Crippen LogP contribution in [0.1, 0.15) is 277 Å². The Morgan fingerprint density at radius 2 is 0.806 bits per heavy atom. The smallest absolute Gasteiger partial charge is 0.462 e. The number of carbonyl (C=O) groups is 2. The van der Waals surface area contributed by atoms with Gasteiger partial charge in [-0.3, -0.25) is 18.6 Å². The highest BCUT2D eigenvalue weighted by Crippen LogP contribution is 2.43. The molecule has 10 heteroatoms. The summed E-state index contributed by atoms with van der Waals surface area (Å²) in [5, 5.41) is 0. The van der Waals surface area contributed by atoms with Crippen molar-refractivity contribution in [2.75, 3.05) is 47.5 Å². The molecule has 2 atom stereocenters. The zero-order valence-electron chi connectivity index (χ0n) is 44.9. The summed E-state index contributed by atoms with van der Waals surface area (Å²) in [6.45, 7) is 4.44. The van der Waals surface area contributed by atoms with Crippen LogP contribution in [-0.2, 0) is 32.7 Å². The molecule has 0 aromatic heterocycles. The van der Waals surface area contributed by atoms with Crippen LogP contribution < -0.4 is 0 Å². The molecular weight excluding hydrogens is 858 g/mol. The molecule has 0 bridgehead atoms. The summed E-state index contributed by atoms with van der Waals surface area (Å²) in [4.78, 5) is 35.6. The molecule has 0 rings (SSSR count). The van der Waals surface area contributed by atoms with Crippen molar-refractivity contribution in [2.24, 2.45) is 0 Å². The number of likely N-dealkylation sites (N-methyl/N-ethyl adjacent to an activating group) is 1. The molecular formula is C57H111NO8P+. The van der Waals surface area contributed by atoms with E-state index in [-0.39, 0.29) is 25.6 Å². The highest BCUT2D eigenvalue weighted by molar-refractivity contribution is 7.47. The minimum absolute atomic E-state index is 0.0323. The Morgan fingerprint density at radius 3 is 1.21 bits per heavy atom. The molecule has 0 aliphatic rings. The molecule has 0 aromatic carbocycles. The molecule has 0 saturated carbocycles. The van der Waals surface area contributed by atoms with Gasteiger partial charge < -0.3 is 18.9 Å². The van der Waals surface area contributed by atoms with Crippen LogP contribution in [0.15, 0.2) is 24.3 Å². The first-order chi connectivity index (χ1) is 32.5. The zero-order chi connectivity index (χ0) is 49.2. The summed E-state index contributed by atoms with van der Waals surface area (Å²) in [5.41, 5.74) is 0. The van der Waals surface area contributed by atoms with Crippen LogP contribution in [0.4, 0.5) is 0 Å². The van der Waals surface area contributed by atoms with Crippen molar-refractivity contribution in [3.05, 3.63) is 24.3 Å². The number of carbonyl (C=O) groups excluding carboxylic acids is 2. The Kier molecular flexibility index (Phi) is 48.4. The van der Waals surface area contributed by atoms with Gasteiger partial charge in [-0.05, 0) is 44.9 Å². The zero-order valence-corrected chi connectivity index (χ0v) is 45.8. The fraction of sp³-hybridized carbons (Fsp3) is 0.895. The lowest BCUT2D eigenvalue weighted by atomic mass is 10.0. The average molecular weight is 969 g/mol. The quantitative estimate of drug-likeness (QED) is 0.0211. The molecule has 1 N–H and O–H groups in total. The van der Waals surface area contributed by atoms with E-state index >= 15 is 0 Å².